The number of urea groups is 1. The highest BCUT2D eigenvalue weighted by Crippen LogP contribution is 2.10. The molecule has 0 aliphatic heterocycles. The van der Waals surface area contributed by atoms with Crippen LogP contribution in [-0.4, -0.2) is 12.6 Å². The summed E-state index contributed by atoms with van der Waals surface area (Å²) >= 11 is 5.92. The van der Waals surface area contributed by atoms with E-state index in [-0.39, 0.29) is 6.03 Å². The molecule has 22 heavy (non-hydrogen) atoms. The molecule has 5 heteroatoms. The monoisotopic (exact) mass is 317 g/mol. The number of carbonyl (C=O) groups excluding carboxylic acids is 1. The number of nitrogens with one attached hydrogen (secondary N) is 2. The van der Waals surface area contributed by atoms with Crippen LogP contribution in [0.1, 0.15) is 16.7 Å². The molecule has 0 bridgehead atoms. The van der Waals surface area contributed by atoms with Gasteiger partial charge in [-0.3, -0.25) is 0 Å². The molecule has 0 aliphatic carbocycles. The van der Waals surface area contributed by atoms with Crippen LogP contribution in [0.25, 0.3) is 0 Å². The fourth-order valence-corrected chi connectivity index (χ4v) is 2.34. The number of halogens is 1. The topological polar surface area (TPSA) is 67.1 Å². The van der Waals surface area contributed by atoms with Crippen LogP contribution in [0.5, 0.6) is 0 Å². The third-order valence-corrected chi connectivity index (χ3v) is 3.50. The van der Waals surface area contributed by atoms with Gasteiger partial charge in [0.1, 0.15) is 0 Å². The van der Waals surface area contributed by atoms with Gasteiger partial charge in [0, 0.05) is 24.7 Å². The van der Waals surface area contributed by atoms with Gasteiger partial charge in [-0.2, -0.15) is 0 Å². The lowest BCUT2D eigenvalue weighted by molar-refractivity contribution is 0.240. The van der Waals surface area contributed by atoms with Crippen molar-refractivity contribution in [2.45, 2.75) is 19.5 Å². The van der Waals surface area contributed by atoms with Crippen LogP contribution in [-0.2, 0) is 19.5 Å². The second-order valence-electron chi connectivity index (χ2n) is 5.01. The normalized spacial score (nSPS) is 10.3. The first-order chi connectivity index (χ1) is 10.7. The Morgan fingerprint density at radius 3 is 2.50 bits per heavy atom. The Kier molecular flexibility index (Phi) is 6.25. The van der Waals surface area contributed by atoms with Gasteiger partial charge in [-0.25, -0.2) is 4.79 Å². The Morgan fingerprint density at radius 1 is 1.00 bits per heavy atom. The predicted molar refractivity (Wildman–Crippen MR) is 89.7 cm³/mol. The summed E-state index contributed by atoms with van der Waals surface area (Å²) in [6.45, 7) is 1.55. The molecule has 0 saturated heterocycles. The molecule has 2 aromatic rings. The molecule has 0 unspecified atom stereocenters. The maximum absolute atomic E-state index is 11.8. The first kappa shape index (κ1) is 16.3. The van der Waals surface area contributed by atoms with Gasteiger partial charge in [0.2, 0.25) is 0 Å². The largest absolute Gasteiger partial charge is 0.338 e. The molecule has 0 saturated carbocycles. The molecule has 0 fully saturated rings. The molecule has 0 radical (unpaired) electrons. The van der Waals surface area contributed by atoms with E-state index < -0.39 is 0 Å². The number of amides is 2. The zero-order valence-electron chi connectivity index (χ0n) is 12.3. The van der Waals surface area contributed by atoms with E-state index in [0.29, 0.717) is 24.7 Å². The minimum absolute atomic E-state index is 0.180. The molecule has 2 aromatic carbocycles. The highest BCUT2D eigenvalue weighted by Gasteiger charge is 2.01. The van der Waals surface area contributed by atoms with Gasteiger partial charge in [0.15, 0.2) is 0 Å². The Hall–Kier alpha value is -2.04. The van der Waals surface area contributed by atoms with Crippen molar-refractivity contribution < 1.29 is 4.79 Å². The third kappa shape index (κ3) is 5.39. The van der Waals surface area contributed by atoms with Crippen LogP contribution < -0.4 is 16.4 Å². The molecule has 2 amide bonds. The van der Waals surface area contributed by atoms with Crippen molar-refractivity contribution in [3.05, 3.63) is 70.2 Å². The molecule has 2 rings (SSSR count). The Bertz CT molecular complexity index is 631. The maximum atomic E-state index is 11.8. The number of nitrogens with two attached hydrogens (primary N) is 1. The molecule has 0 aromatic heterocycles. The molecule has 0 atom stereocenters. The smallest absolute Gasteiger partial charge is 0.315 e. The lowest BCUT2D eigenvalue weighted by Crippen LogP contribution is -2.36. The van der Waals surface area contributed by atoms with Gasteiger partial charge < -0.3 is 16.4 Å². The first-order valence-corrected chi connectivity index (χ1v) is 7.59. The fraction of sp³-hybridized carbons (Fsp3) is 0.235. The number of benzene rings is 2. The van der Waals surface area contributed by atoms with E-state index in [2.05, 4.69) is 10.6 Å². The van der Waals surface area contributed by atoms with Crippen LogP contribution in [0.3, 0.4) is 0 Å². The lowest BCUT2D eigenvalue weighted by atomic mass is 10.1. The van der Waals surface area contributed by atoms with Crippen LogP contribution in [0.2, 0.25) is 5.02 Å². The predicted octanol–water partition coefficient (Wildman–Crippen LogP) is 2.84. The number of carbonyl (C=O) groups is 1. The van der Waals surface area contributed by atoms with E-state index in [4.69, 9.17) is 17.3 Å². The molecule has 0 aliphatic rings. The molecule has 116 valence electrons. The Morgan fingerprint density at radius 2 is 1.73 bits per heavy atom. The second-order valence-corrected chi connectivity index (χ2v) is 5.45. The summed E-state index contributed by atoms with van der Waals surface area (Å²) in [4.78, 5) is 11.8. The van der Waals surface area contributed by atoms with Crippen LogP contribution in [0.15, 0.2) is 48.5 Å². The zero-order valence-corrected chi connectivity index (χ0v) is 13.1. The maximum Gasteiger partial charge on any atom is 0.315 e. The van der Waals surface area contributed by atoms with Crippen molar-refractivity contribution in [2.24, 2.45) is 5.73 Å². The first-order valence-electron chi connectivity index (χ1n) is 7.21. The average molecular weight is 318 g/mol. The van der Waals surface area contributed by atoms with Crippen LogP contribution in [0, 0.1) is 0 Å². The van der Waals surface area contributed by atoms with Crippen molar-refractivity contribution in [1.29, 1.82) is 0 Å². The summed E-state index contributed by atoms with van der Waals surface area (Å²) in [5, 5.41) is 6.37. The fourth-order valence-electron chi connectivity index (χ4n) is 2.12. The minimum Gasteiger partial charge on any atom is -0.338 e. The summed E-state index contributed by atoms with van der Waals surface area (Å²) in [5.41, 5.74) is 8.79. The van der Waals surface area contributed by atoms with E-state index in [9.17, 15) is 4.79 Å². The van der Waals surface area contributed by atoms with Crippen molar-refractivity contribution in [3.8, 4) is 0 Å². The molecule has 4 nitrogen and oxygen atoms in total. The van der Waals surface area contributed by atoms with E-state index in [0.717, 1.165) is 23.1 Å². The van der Waals surface area contributed by atoms with Gasteiger partial charge in [0.05, 0.1) is 0 Å². The number of rotatable bonds is 6. The van der Waals surface area contributed by atoms with E-state index in [1.54, 1.807) is 0 Å². The quantitative estimate of drug-likeness (QED) is 0.767. The number of hydrogen-bond acceptors (Lipinski definition) is 2. The van der Waals surface area contributed by atoms with E-state index in [1.807, 2.05) is 48.5 Å². The summed E-state index contributed by atoms with van der Waals surface area (Å²) in [6, 6.07) is 15.3. The summed E-state index contributed by atoms with van der Waals surface area (Å²) < 4.78 is 0. The highest BCUT2D eigenvalue weighted by atomic mass is 35.5. The molecule has 0 spiro atoms. The third-order valence-electron chi connectivity index (χ3n) is 3.27. The molecule has 4 N–H and O–H groups in total. The van der Waals surface area contributed by atoms with Gasteiger partial charge in [-0.05, 0) is 35.2 Å². The van der Waals surface area contributed by atoms with Crippen LogP contribution >= 0.6 is 11.6 Å². The van der Waals surface area contributed by atoms with Gasteiger partial charge in [-0.15, -0.1) is 0 Å². The van der Waals surface area contributed by atoms with Gasteiger partial charge >= 0.3 is 6.03 Å². The SMILES string of the molecule is NCc1cccc(CNC(=O)NCCc2cccc(Cl)c2)c1. The van der Waals surface area contributed by atoms with Crippen molar-refractivity contribution >= 4 is 17.6 Å². The standard InChI is InChI=1S/C17H20ClN3O/c18-16-6-2-3-13(10-16)7-8-20-17(22)21-12-15-5-1-4-14(9-15)11-19/h1-6,9-10H,7-8,11-12,19H2,(H2,20,21,22). The molecule has 0 heterocycles. The Balaban J connectivity index is 1.71. The van der Waals surface area contributed by atoms with Crippen LogP contribution in [0.4, 0.5) is 4.79 Å². The summed E-state index contributed by atoms with van der Waals surface area (Å²) in [6.07, 6.45) is 0.747. The number of hydrogen-bond donors (Lipinski definition) is 3. The van der Waals surface area contributed by atoms with E-state index in [1.165, 1.54) is 0 Å². The Labute approximate surface area is 135 Å². The minimum atomic E-state index is -0.180. The molecular weight excluding hydrogens is 298 g/mol. The van der Waals surface area contributed by atoms with Gasteiger partial charge in [-0.1, -0.05) is 48.0 Å². The summed E-state index contributed by atoms with van der Waals surface area (Å²) in [5.74, 6) is 0. The van der Waals surface area contributed by atoms with Gasteiger partial charge in [0.25, 0.3) is 0 Å². The highest BCUT2D eigenvalue weighted by molar-refractivity contribution is 6.30. The van der Waals surface area contributed by atoms with Crippen molar-refractivity contribution in [3.63, 3.8) is 0 Å². The lowest BCUT2D eigenvalue weighted by Gasteiger charge is -2.09. The van der Waals surface area contributed by atoms with Crippen molar-refractivity contribution in [2.75, 3.05) is 6.54 Å². The molecular formula is C17H20ClN3O. The van der Waals surface area contributed by atoms with E-state index >= 15 is 0 Å². The summed E-state index contributed by atoms with van der Waals surface area (Å²) in [7, 11) is 0. The van der Waals surface area contributed by atoms with Crippen molar-refractivity contribution in [1.82, 2.24) is 10.6 Å². The second kappa shape index (κ2) is 8.41. The zero-order chi connectivity index (χ0) is 15.8. The average Bonchev–Trinajstić information content (AvgIpc) is 2.53.